The molecule has 2 rings (SSSR count). The molecule has 0 radical (unpaired) electrons. The van der Waals surface area contributed by atoms with Crippen LogP contribution in [0.5, 0.6) is 0 Å². The van der Waals surface area contributed by atoms with E-state index in [2.05, 4.69) is 64.1 Å². The molecule has 0 aliphatic heterocycles. The van der Waals surface area contributed by atoms with Crippen molar-refractivity contribution in [3.8, 4) is 0 Å². The fraction of sp³-hybridized carbons (Fsp3) is 0.375. The predicted octanol–water partition coefficient (Wildman–Crippen LogP) is 4.55. The fourth-order valence-electron chi connectivity index (χ4n) is 1.89. The quantitative estimate of drug-likeness (QED) is 0.519. The first-order chi connectivity index (χ1) is 7.69. The largest absolute Gasteiger partial charge is 0.213 e. The second-order valence-electron chi connectivity index (χ2n) is 4.18. The molecule has 92 valence electrons. The van der Waals surface area contributed by atoms with E-state index in [1.54, 1.807) is 0 Å². The van der Waals surface area contributed by atoms with Gasteiger partial charge in [0.2, 0.25) is 0 Å². The Kier molecular flexibility index (Phi) is 8.41. The van der Waals surface area contributed by atoms with Crippen LogP contribution in [-0.2, 0) is 38.7 Å². The van der Waals surface area contributed by atoms with Crippen LogP contribution in [0, 0.1) is 13.8 Å². The third-order valence-electron chi connectivity index (χ3n) is 3.06. The molecule has 0 unspecified atom stereocenters. The van der Waals surface area contributed by atoms with Crippen molar-refractivity contribution >= 4 is 0 Å². The van der Waals surface area contributed by atoms with Gasteiger partial charge in [0.15, 0.2) is 0 Å². The van der Waals surface area contributed by atoms with Gasteiger partial charge in [-0.25, -0.2) is 24.3 Å². The third kappa shape index (κ3) is 5.16. The van der Waals surface area contributed by atoms with Gasteiger partial charge >= 0.3 is 0 Å². The zero-order chi connectivity index (χ0) is 12.0. The van der Waals surface area contributed by atoms with Crippen molar-refractivity contribution < 1.29 is 25.8 Å². The van der Waals surface area contributed by atoms with Gasteiger partial charge in [-0.15, -0.1) is 0 Å². The summed E-state index contributed by atoms with van der Waals surface area (Å²) in [6.07, 6.45) is 2.33. The first-order valence-electron chi connectivity index (χ1n) is 6.11. The van der Waals surface area contributed by atoms with E-state index in [9.17, 15) is 0 Å². The summed E-state index contributed by atoms with van der Waals surface area (Å²) in [7, 11) is 0. The molecule has 0 spiro atoms. The zero-order valence-corrected chi connectivity index (χ0v) is 15.0. The summed E-state index contributed by atoms with van der Waals surface area (Å²) in [6.45, 7) is 8.67. The Labute approximate surface area is 125 Å². The predicted molar refractivity (Wildman–Crippen MR) is 72.3 cm³/mol. The Morgan fingerprint density at radius 3 is 1.29 bits per heavy atom. The standard InChI is InChI=1S/2C8H11.Hf/c2*1-3-8-6-4-5-7(8)2;/h2*4-6H,3H2,1-2H3;/q2*-1;. The summed E-state index contributed by atoms with van der Waals surface area (Å²) in [5.41, 5.74) is 5.80. The molecule has 0 aromatic heterocycles. The molecule has 1 heteroatoms. The van der Waals surface area contributed by atoms with Gasteiger partial charge in [0, 0.05) is 25.8 Å². The van der Waals surface area contributed by atoms with Gasteiger partial charge in [-0.3, -0.25) is 0 Å². The van der Waals surface area contributed by atoms with Crippen LogP contribution in [0.1, 0.15) is 36.1 Å². The van der Waals surface area contributed by atoms with E-state index < -0.39 is 0 Å². The monoisotopic (exact) mass is 394 g/mol. The topological polar surface area (TPSA) is 0 Å². The molecule has 0 bridgehead atoms. The van der Waals surface area contributed by atoms with Crippen molar-refractivity contribution in [2.75, 3.05) is 0 Å². The second kappa shape index (κ2) is 8.63. The molecule has 0 fully saturated rings. The Morgan fingerprint density at radius 2 is 1.18 bits per heavy atom. The molecule has 2 aromatic carbocycles. The van der Waals surface area contributed by atoms with E-state index in [0.717, 1.165) is 0 Å². The summed E-state index contributed by atoms with van der Waals surface area (Å²) < 4.78 is 0. The maximum absolute atomic E-state index is 2.18. The maximum Gasteiger partial charge on any atom is 0 e. The molecule has 0 amide bonds. The zero-order valence-electron chi connectivity index (χ0n) is 11.4. The van der Waals surface area contributed by atoms with E-state index in [-0.39, 0.29) is 25.8 Å². The average molecular weight is 393 g/mol. The van der Waals surface area contributed by atoms with Gasteiger partial charge in [0.05, 0.1) is 0 Å². The summed E-state index contributed by atoms with van der Waals surface area (Å²) in [6, 6.07) is 12.9. The first-order valence-corrected chi connectivity index (χ1v) is 6.11. The molecule has 0 saturated carbocycles. The van der Waals surface area contributed by atoms with Gasteiger partial charge in [-0.05, 0) is 0 Å². The van der Waals surface area contributed by atoms with Gasteiger partial charge in [-0.2, -0.15) is 34.4 Å². The van der Waals surface area contributed by atoms with E-state index in [0.29, 0.717) is 0 Å². The Hall–Kier alpha value is -0.430. The second-order valence-corrected chi connectivity index (χ2v) is 4.18. The minimum atomic E-state index is 0. The molecule has 0 heterocycles. The number of aryl methyl sites for hydroxylation is 4. The van der Waals surface area contributed by atoms with Gasteiger partial charge in [0.25, 0.3) is 0 Å². The Balaban J connectivity index is 0.000000284. The van der Waals surface area contributed by atoms with Crippen LogP contribution in [-0.4, -0.2) is 0 Å². The summed E-state index contributed by atoms with van der Waals surface area (Å²) in [4.78, 5) is 0. The third-order valence-corrected chi connectivity index (χ3v) is 3.06. The molecule has 0 N–H and O–H groups in total. The normalized spacial score (nSPS) is 9.18. The summed E-state index contributed by atoms with van der Waals surface area (Å²) >= 11 is 0. The van der Waals surface area contributed by atoms with Crippen molar-refractivity contribution in [3.63, 3.8) is 0 Å². The number of rotatable bonds is 2. The van der Waals surface area contributed by atoms with Crippen molar-refractivity contribution in [1.29, 1.82) is 0 Å². The van der Waals surface area contributed by atoms with Crippen LogP contribution in [0.2, 0.25) is 0 Å². The molecule has 0 atom stereocenters. The molecule has 0 aliphatic rings. The van der Waals surface area contributed by atoms with Crippen molar-refractivity contribution in [2.45, 2.75) is 40.5 Å². The average Bonchev–Trinajstić information content (AvgIpc) is 2.87. The van der Waals surface area contributed by atoms with Gasteiger partial charge in [-0.1, -0.05) is 40.5 Å². The van der Waals surface area contributed by atoms with Crippen LogP contribution in [0.25, 0.3) is 0 Å². The molecular formula is C16H22Hf-2. The smallest absolute Gasteiger partial charge is 0 e. The molecular weight excluding hydrogens is 371 g/mol. The Bertz CT molecular complexity index is 366. The molecule has 0 nitrogen and oxygen atoms in total. The number of hydrogen-bond acceptors (Lipinski definition) is 0. The van der Waals surface area contributed by atoms with E-state index in [4.69, 9.17) is 0 Å². The van der Waals surface area contributed by atoms with E-state index in [1.807, 2.05) is 0 Å². The summed E-state index contributed by atoms with van der Waals surface area (Å²) in [5, 5.41) is 0. The maximum atomic E-state index is 2.18. The van der Waals surface area contributed by atoms with Gasteiger partial charge < -0.3 is 0 Å². The fourth-order valence-corrected chi connectivity index (χ4v) is 1.89. The van der Waals surface area contributed by atoms with Crippen LogP contribution < -0.4 is 0 Å². The molecule has 0 aliphatic carbocycles. The van der Waals surface area contributed by atoms with Crippen LogP contribution >= 0.6 is 0 Å². The van der Waals surface area contributed by atoms with Crippen molar-refractivity contribution in [2.24, 2.45) is 0 Å². The summed E-state index contributed by atoms with van der Waals surface area (Å²) in [5.74, 6) is 0. The van der Waals surface area contributed by atoms with Crippen molar-refractivity contribution in [3.05, 3.63) is 58.7 Å². The van der Waals surface area contributed by atoms with Crippen LogP contribution in [0.4, 0.5) is 0 Å². The van der Waals surface area contributed by atoms with Crippen LogP contribution in [0.15, 0.2) is 36.4 Å². The molecule has 2 aromatic rings. The minimum Gasteiger partial charge on any atom is -0.213 e. The van der Waals surface area contributed by atoms with Crippen LogP contribution in [0.3, 0.4) is 0 Å². The molecule has 0 saturated heterocycles. The van der Waals surface area contributed by atoms with Gasteiger partial charge in [0.1, 0.15) is 0 Å². The van der Waals surface area contributed by atoms with E-state index >= 15 is 0 Å². The van der Waals surface area contributed by atoms with E-state index in [1.165, 1.54) is 35.1 Å². The Morgan fingerprint density at radius 1 is 0.824 bits per heavy atom. The minimum absolute atomic E-state index is 0. The van der Waals surface area contributed by atoms with Crippen molar-refractivity contribution in [1.82, 2.24) is 0 Å². The SMILES string of the molecule is CCc1ccc[c-]1C.CCc1ccc[c-]1C.[Hf]. The first kappa shape index (κ1) is 16.6. The number of hydrogen-bond donors (Lipinski definition) is 0. The molecule has 17 heavy (non-hydrogen) atoms.